The molecule has 0 aliphatic carbocycles. The smallest absolute Gasteiger partial charge is 0.359 e. The van der Waals surface area contributed by atoms with Gasteiger partial charge in [-0.2, -0.15) is 13.2 Å². The zero-order valence-electron chi connectivity index (χ0n) is 16.9. The van der Waals surface area contributed by atoms with Gasteiger partial charge < -0.3 is 14.4 Å². The fraction of sp³-hybridized carbons (Fsp3) is 0.450. The summed E-state index contributed by atoms with van der Waals surface area (Å²) >= 11 is 0. The molecule has 1 N–H and O–H groups in total. The number of hydrogen-bond acceptors (Lipinski definition) is 4. The van der Waals surface area contributed by atoms with E-state index in [0.29, 0.717) is 17.8 Å². The fourth-order valence-corrected chi connectivity index (χ4v) is 3.07. The Bertz CT molecular complexity index is 1060. The lowest BCUT2D eigenvalue weighted by atomic mass is 9.92. The van der Waals surface area contributed by atoms with E-state index in [1.165, 1.54) is 0 Å². The summed E-state index contributed by atoms with van der Waals surface area (Å²) in [5.41, 5.74) is 1.73. The van der Waals surface area contributed by atoms with E-state index in [1.54, 1.807) is 4.57 Å². The van der Waals surface area contributed by atoms with Crippen molar-refractivity contribution in [2.24, 2.45) is 5.41 Å². The molecule has 0 saturated heterocycles. The largest absolute Gasteiger partial charge is 0.436 e. The van der Waals surface area contributed by atoms with Gasteiger partial charge in [0.25, 0.3) is 0 Å². The van der Waals surface area contributed by atoms with Crippen LogP contribution in [0.5, 0.6) is 0 Å². The summed E-state index contributed by atoms with van der Waals surface area (Å²) in [5.74, 6) is 0.450. The van der Waals surface area contributed by atoms with Crippen molar-refractivity contribution in [2.75, 3.05) is 5.32 Å². The first-order chi connectivity index (χ1) is 13.3. The van der Waals surface area contributed by atoms with Crippen molar-refractivity contribution in [3.05, 3.63) is 40.9 Å². The number of amides is 1. The van der Waals surface area contributed by atoms with Crippen LogP contribution in [0.15, 0.2) is 22.7 Å². The van der Waals surface area contributed by atoms with Crippen LogP contribution in [-0.2, 0) is 17.5 Å². The topological polar surface area (TPSA) is 73.0 Å². The van der Waals surface area contributed by atoms with Gasteiger partial charge in [-0.05, 0) is 37.0 Å². The van der Waals surface area contributed by atoms with Crippen LogP contribution < -0.4 is 5.32 Å². The van der Waals surface area contributed by atoms with Gasteiger partial charge in [0.1, 0.15) is 5.82 Å². The molecule has 29 heavy (non-hydrogen) atoms. The van der Waals surface area contributed by atoms with Gasteiger partial charge in [0.15, 0.2) is 11.5 Å². The van der Waals surface area contributed by atoms with Crippen LogP contribution in [0.25, 0.3) is 11.0 Å². The maximum Gasteiger partial charge on any atom is 0.436 e. The van der Waals surface area contributed by atoms with Gasteiger partial charge in [0, 0.05) is 18.2 Å². The molecule has 0 unspecified atom stereocenters. The SMILES string of the molecule is Cc1cc2c(cc(C)n2Cc2cc(C(F)(F)F)no2)nc1NC(=O)CC(C)(C)C. The summed E-state index contributed by atoms with van der Waals surface area (Å²) in [7, 11) is 0. The molecule has 3 heterocycles. The number of nitrogens with zero attached hydrogens (tertiary/aromatic N) is 3. The number of alkyl halides is 3. The summed E-state index contributed by atoms with van der Waals surface area (Å²) in [6, 6.07) is 4.56. The number of fused-ring (bicyclic) bond motifs is 1. The minimum absolute atomic E-state index is 0.0925. The molecule has 0 saturated carbocycles. The Labute approximate surface area is 166 Å². The third-order valence-corrected chi connectivity index (χ3v) is 4.40. The second-order valence-corrected chi connectivity index (χ2v) is 8.39. The molecule has 3 aromatic heterocycles. The van der Waals surface area contributed by atoms with E-state index in [1.807, 2.05) is 46.8 Å². The van der Waals surface area contributed by atoms with Gasteiger partial charge in [-0.15, -0.1) is 0 Å². The molecule has 156 valence electrons. The maximum absolute atomic E-state index is 12.7. The van der Waals surface area contributed by atoms with Crippen LogP contribution in [-0.4, -0.2) is 20.6 Å². The van der Waals surface area contributed by atoms with E-state index >= 15 is 0 Å². The monoisotopic (exact) mass is 408 g/mol. The zero-order chi connectivity index (χ0) is 21.6. The zero-order valence-corrected chi connectivity index (χ0v) is 16.9. The third-order valence-electron chi connectivity index (χ3n) is 4.40. The Morgan fingerprint density at radius 2 is 1.86 bits per heavy atom. The lowest BCUT2D eigenvalue weighted by Crippen LogP contribution is -2.20. The number of nitrogens with one attached hydrogen (secondary N) is 1. The lowest BCUT2D eigenvalue weighted by molar-refractivity contribution is -0.142. The minimum atomic E-state index is -4.55. The van der Waals surface area contributed by atoms with E-state index < -0.39 is 11.9 Å². The first kappa shape index (κ1) is 20.9. The average molecular weight is 408 g/mol. The van der Waals surface area contributed by atoms with Crippen LogP contribution in [0.1, 0.15) is 49.9 Å². The molecule has 0 aliphatic rings. The molecule has 1 amide bonds. The number of pyridine rings is 1. The van der Waals surface area contributed by atoms with Crippen molar-refractivity contribution >= 4 is 22.8 Å². The molecule has 0 aromatic carbocycles. The van der Waals surface area contributed by atoms with Crippen molar-refractivity contribution in [1.29, 1.82) is 0 Å². The Hall–Kier alpha value is -2.84. The number of carbonyl (C=O) groups excluding carboxylic acids is 1. The van der Waals surface area contributed by atoms with Crippen LogP contribution in [0, 0.1) is 19.3 Å². The van der Waals surface area contributed by atoms with Gasteiger partial charge in [-0.25, -0.2) is 4.98 Å². The van der Waals surface area contributed by atoms with E-state index in [4.69, 9.17) is 4.52 Å². The van der Waals surface area contributed by atoms with Gasteiger partial charge in [-0.3, -0.25) is 4.79 Å². The highest BCUT2D eigenvalue weighted by molar-refractivity contribution is 5.92. The van der Waals surface area contributed by atoms with Crippen molar-refractivity contribution in [1.82, 2.24) is 14.7 Å². The van der Waals surface area contributed by atoms with Crippen LogP contribution in [0.4, 0.5) is 19.0 Å². The van der Waals surface area contributed by atoms with E-state index in [2.05, 4.69) is 15.5 Å². The highest BCUT2D eigenvalue weighted by Crippen LogP contribution is 2.30. The quantitative estimate of drug-likeness (QED) is 0.653. The Balaban J connectivity index is 1.89. The van der Waals surface area contributed by atoms with Gasteiger partial charge in [-0.1, -0.05) is 25.9 Å². The fourth-order valence-electron chi connectivity index (χ4n) is 3.07. The molecular weight excluding hydrogens is 385 g/mol. The highest BCUT2D eigenvalue weighted by atomic mass is 19.4. The Morgan fingerprint density at radius 3 is 2.45 bits per heavy atom. The van der Waals surface area contributed by atoms with Crippen LogP contribution >= 0.6 is 0 Å². The standard InChI is InChI=1S/C20H23F3N4O2/c1-11-6-15-14(24-18(11)25-17(28)9-19(3,4)5)7-12(2)27(15)10-13-8-16(26-29-13)20(21,22)23/h6-8H,9-10H2,1-5H3,(H,24,25,28). The lowest BCUT2D eigenvalue weighted by Gasteiger charge is -2.17. The van der Waals surface area contributed by atoms with Gasteiger partial charge >= 0.3 is 6.18 Å². The predicted octanol–water partition coefficient (Wildman–Crippen LogP) is 5.08. The molecule has 0 fully saturated rings. The number of anilines is 1. The number of hydrogen-bond donors (Lipinski definition) is 1. The van der Waals surface area contributed by atoms with Crippen molar-refractivity contribution in [3.63, 3.8) is 0 Å². The number of rotatable bonds is 4. The molecule has 9 heteroatoms. The number of aromatic nitrogens is 3. The average Bonchev–Trinajstić information content (AvgIpc) is 3.12. The Kier molecular flexibility index (Phi) is 5.19. The second kappa shape index (κ2) is 7.20. The molecule has 0 atom stereocenters. The summed E-state index contributed by atoms with van der Waals surface area (Å²) in [6.07, 6.45) is -4.19. The second-order valence-electron chi connectivity index (χ2n) is 8.39. The first-order valence-electron chi connectivity index (χ1n) is 9.13. The van der Waals surface area contributed by atoms with Crippen LogP contribution in [0.3, 0.4) is 0 Å². The van der Waals surface area contributed by atoms with E-state index in [0.717, 1.165) is 22.8 Å². The van der Waals surface area contributed by atoms with Crippen LogP contribution in [0.2, 0.25) is 0 Å². The predicted molar refractivity (Wildman–Crippen MR) is 103 cm³/mol. The molecule has 0 aliphatic heterocycles. The Morgan fingerprint density at radius 1 is 1.17 bits per heavy atom. The highest BCUT2D eigenvalue weighted by Gasteiger charge is 2.35. The molecule has 3 rings (SSSR count). The number of carbonyl (C=O) groups is 1. The molecule has 6 nitrogen and oxygen atoms in total. The summed E-state index contributed by atoms with van der Waals surface area (Å²) < 4.78 is 44.9. The maximum atomic E-state index is 12.7. The van der Waals surface area contributed by atoms with Gasteiger partial charge in [0.2, 0.25) is 5.91 Å². The summed E-state index contributed by atoms with van der Waals surface area (Å²) in [5, 5.41) is 5.94. The molecular formula is C20H23F3N4O2. The molecule has 0 bridgehead atoms. The van der Waals surface area contributed by atoms with E-state index in [-0.39, 0.29) is 23.6 Å². The number of halogens is 3. The summed E-state index contributed by atoms with van der Waals surface area (Å²) in [4.78, 5) is 16.8. The number of aryl methyl sites for hydroxylation is 2. The summed E-state index contributed by atoms with van der Waals surface area (Å²) in [6.45, 7) is 9.68. The van der Waals surface area contributed by atoms with Crippen molar-refractivity contribution in [3.8, 4) is 0 Å². The van der Waals surface area contributed by atoms with E-state index in [9.17, 15) is 18.0 Å². The molecule has 0 spiro atoms. The third kappa shape index (κ3) is 4.78. The minimum Gasteiger partial charge on any atom is -0.359 e. The normalized spacial score (nSPS) is 12.6. The molecule has 3 aromatic rings. The molecule has 0 radical (unpaired) electrons. The van der Waals surface area contributed by atoms with Crippen molar-refractivity contribution < 1.29 is 22.5 Å². The van der Waals surface area contributed by atoms with Crippen molar-refractivity contribution in [2.45, 2.75) is 53.8 Å². The van der Waals surface area contributed by atoms with Gasteiger partial charge in [0.05, 0.1) is 17.6 Å². The first-order valence-corrected chi connectivity index (χ1v) is 9.13.